The lowest BCUT2D eigenvalue weighted by molar-refractivity contribution is 0.620. The number of thiophene rings is 1. The summed E-state index contributed by atoms with van der Waals surface area (Å²) in [5.74, 6) is 0.602. The van der Waals surface area contributed by atoms with Crippen LogP contribution in [-0.2, 0) is 0 Å². The molecule has 0 radical (unpaired) electrons. The Kier molecular flexibility index (Phi) is 6.44. The number of hydrogen-bond donors (Lipinski definition) is 0. The van der Waals surface area contributed by atoms with E-state index in [0.717, 1.165) is 66.9 Å². The minimum Gasteiger partial charge on any atom is -0.456 e. The first-order valence-corrected chi connectivity index (χ1v) is 19.2. The van der Waals surface area contributed by atoms with Crippen LogP contribution >= 0.6 is 11.3 Å². The van der Waals surface area contributed by atoms with Crippen LogP contribution in [0.1, 0.15) is 0 Å². The van der Waals surface area contributed by atoms with Crippen LogP contribution in [0.2, 0.25) is 0 Å². The highest BCUT2D eigenvalue weighted by atomic mass is 32.1. The molecule has 0 amide bonds. The van der Waals surface area contributed by atoms with Gasteiger partial charge in [0.1, 0.15) is 16.7 Å². The van der Waals surface area contributed by atoms with Crippen molar-refractivity contribution in [1.82, 2.24) is 9.55 Å². The largest absolute Gasteiger partial charge is 0.456 e. The van der Waals surface area contributed by atoms with Crippen LogP contribution in [0.25, 0.3) is 92.2 Å². The maximum absolute atomic E-state index is 6.62. The molecule has 12 rings (SSSR count). The molecule has 4 aromatic heterocycles. The summed E-state index contributed by atoms with van der Waals surface area (Å²) in [5, 5.41) is 6.95. The Hall–Kier alpha value is -7.15. The van der Waals surface area contributed by atoms with Gasteiger partial charge in [-0.05, 0) is 91.0 Å². The Morgan fingerprint density at radius 3 is 1.96 bits per heavy atom. The van der Waals surface area contributed by atoms with E-state index in [1.807, 2.05) is 47.7 Å². The van der Waals surface area contributed by atoms with Gasteiger partial charge in [-0.1, -0.05) is 72.8 Å². The number of para-hydroxylation sites is 2. The fourth-order valence-corrected chi connectivity index (χ4v) is 9.37. The highest BCUT2D eigenvalue weighted by Crippen LogP contribution is 2.44. The summed E-state index contributed by atoms with van der Waals surface area (Å²) in [4.78, 5) is 7.16. The van der Waals surface area contributed by atoms with Crippen molar-refractivity contribution in [3.05, 3.63) is 176 Å². The van der Waals surface area contributed by atoms with Crippen molar-refractivity contribution in [2.45, 2.75) is 0 Å². The molecule has 0 aliphatic rings. The van der Waals surface area contributed by atoms with Gasteiger partial charge in [0, 0.05) is 82.2 Å². The number of anilines is 3. The van der Waals surface area contributed by atoms with Crippen LogP contribution in [0.15, 0.2) is 185 Å². The summed E-state index contributed by atoms with van der Waals surface area (Å²) < 4.78 is 17.8. The molecule has 5 nitrogen and oxygen atoms in total. The average Bonchev–Trinajstić information content (AvgIpc) is 4.00. The summed E-state index contributed by atoms with van der Waals surface area (Å²) in [6, 6.07) is 62.2. The number of hydrogen-bond acceptors (Lipinski definition) is 5. The number of benzene rings is 8. The molecular weight excluding hydrogens is 695 g/mol. The van der Waals surface area contributed by atoms with Crippen molar-refractivity contribution < 1.29 is 8.83 Å². The third-order valence-electron chi connectivity index (χ3n) is 10.8. The van der Waals surface area contributed by atoms with Crippen molar-refractivity contribution in [3.8, 4) is 17.1 Å². The Bertz CT molecular complexity index is 3450. The van der Waals surface area contributed by atoms with Crippen LogP contribution in [0.3, 0.4) is 0 Å². The summed E-state index contributed by atoms with van der Waals surface area (Å²) in [6.45, 7) is 0. The van der Waals surface area contributed by atoms with E-state index in [1.165, 1.54) is 36.5 Å². The SMILES string of the molecule is c1ccc(-c2nc3cc4oc5cc(N(c6ccc7sc8ccccc8c7c6)c6ccc7c(c6)c6ccccc6n7-c6ccccc6)ccc5c4cc3o2)cc1. The predicted octanol–water partition coefficient (Wildman–Crippen LogP) is 14.3. The molecule has 55 heavy (non-hydrogen) atoms. The molecule has 0 bridgehead atoms. The maximum Gasteiger partial charge on any atom is 0.227 e. The van der Waals surface area contributed by atoms with Crippen LogP contribution in [0.4, 0.5) is 17.1 Å². The van der Waals surface area contributed by atoms with E-state index in [-0.39, 0.29) is 0 Å². The van der Waals surface area contributed by atoms with Crippen molar-refractivity contribution in [3.63, 3.8) is 0 Å². The second kappa shape index (κ2) is 11.7. The number of aromatic nitrogens is 2. The van der Waals surface area contributed by atoms with Crippen molar-refractivity contribution >= 4 is 103 Å². The van der Waals surface area contributed by atoms with E-state index in [1.54, 1.807) is 0 Å². The predicted molar refractivity (Wildman–Crippen MR) is 229 cm³/mol. The number of rotatable bonds is 5. The monoisotopic (exact) mass is 723 g/mol. The third-order valence-corrected chi connectivity index (χ3v) is 11.9. The zero-order valence-electron chi connectivity index (χ0n) is 29.3. The number of fused-ring (bicyclic) bond motifs is 10. The van der Waals surface area contributed by atoms with Gasteiger partial charge in [-0.2, -0.15) is 0 Å². The molecule has 0 saturated heterocycles. The zero-order valence-corrected chi connectivity index (χ0v) is 30.1. The van der Waals surface area contributed by atoms with Crippen LogP contribution < -0.4 is 4.90 Å². The van der Waals surface area contributed by atoms with Gasteiger partial charge in [-0.3, -0.25) is 0 Å². The first-order chi connectivity index (χ1) is 27.2. The molecule has 6 heteroatoms. The quantitative estimate of drug-likeness (QED) is 0.177. The molecule has 0 unspecified atom stereocenters. The van der Waals surface area contributed by atoms with E-state index in [4.69, 9.17) is 13.8 Å². The minimum absolute atomic E-state index is 0.602. The lowest BCUT2D eigenvalue weighted by Gasteiger charge is -2.26. The van der Waals surface area contributed by atoms with E-state index in [2.05, 4.69) is 149 Å². The van der Waals surface area contributed by atoms with Gasteiger partial charge < -0.3 is 18.3 Å². The van der Waals surface area contributed by atoms with Crippen LogP contribution in [-0.4, -0.2) is 9.55 Å². The summed E-state index contributed by atoms with van der Waals surface area (Å²) >= 11 is 1.83. The molecule has 8 aromatic carbocycles. The van der Waals surface area contributed by atoms with Gasteiger partial charge in [-0.15, -0.1) is 11.3 Å². The molecule has 12 aromatic rings. The Morgan fingerprint density at radius 1 is 0.436 bits per heavy atom. The Labute approximate surface area is 318 Å². The van der Waals surface area contributed by atoms with Gasteiger partial charge in [0.05, 0.1) is 11.0 Å². The normalized spacial score (nSPS) is 12.0. The molecule has 0 aliphatic heterocycles. The third kappa shape index (κ3) is 4.68. The van der Waals surface area contributed by atoms with E-state index >= 15 is 0 Å². The van der Waals surface area contributed by atoms with Gasteiger partial charge in [0.15, 0.2) is 5.58 Å². The molecule has 0 fully saturated rings. The van der Waals surface area contributed by atoms with E-state index in [9.17, 15) is 0 Å². The van der Waals surface area contributed by atoms with E-state index in [0.29, 0.717) is 5.89 Å². The second-order valence-electron chi connectivity index (χ2n) is 14.0. The molecule has 0 N–H and O–H groups in total. The highest BCUT2D eigenvalue weighted by molar-refractivity contribution is 7.25. The fraction of sp³-hybridized carbons (Fsp3) is 0. The fourth-order valence-electron chi connectivity index (χ4n) is 8.28. The second-order valence-corrected chi connectivity index (χ2v) is 15.1. The summed E-state index contributed by atoms with van der Waals surface area (Å²) in [6.07, 6.45) is 0. The summed E-state index contributed by atoms with van der Waals surface area (Å²) in [5.41, 5.74) is 10.7. The number of nitrogens with zero attached hydrogens (tertiary/aromatic N) is 3. The topological polar surface area (TPSA) is 47.3 Å². The van der Waals surface area contributed by atoms with Gasteiger partial charge in [-0.25, -0.2) is 4.98 Å². The first-order valence-electron chi connectivity index (χ1n) is 18.4. The van der Waals surface area contributed by atoms with Crippen molar-refractivity contribution in [2.75, 3.05) is 4.90 Å². The number of furan rings is 1. The van der Waals surface area contributed by atoms with Crippen LogP contribution in [0, 0.1) is 0 Å². The molecule has 0 aliphatic carbocycles. The van der Waals surface area contributed by atoms with Gasteiger partial charge in [0.2, 0.25) is 5.89 Å². The van der Waals surface area contributed by atoms with Crippen molar-refractivity contribution in [1.29, 1.82) is 0 Å². The molecule has 0 saturated carbocycles. The standard InChI is InChI=1S/C49H29N3O2S/c1-3-11-30(12-4-1)49-50-41-29-45-39(28-46(41)54-49)36-22-19-34(27-44(36)53-45)51(33-21-24-48-40(26-33)37-16-8-10-18-47(37)55-48)32-20-23-43-38(25-32)35-15-7-9-17-42(35)52(43)31-13-5-2-6-14-31/h1-29H. The summed E-state index contributed by atoms with van der Waals surface area (Å²) in [7, 11) is 0. The number of oxazole rings is 1. The Balaban J connectivity index is 1.06. The zero-order chi connectivity index (χ0) is 36.0. The van der Waals surface area contributed by atoms with Crippen molar-refractivity contribution in [2.24, 2.45) is 0 Å². The smallest absolute Gasteiger partial charge is 0.227 e. The molecule has 4 heterocycles. The molecule has 0 spiro atoms. The van der Waals surface area contributed by atoms with E-state index < -0.39 is 0 Å². The molecule has 0 atom stereocenters. The Morgan fingerprint density at radius 2 is 1.09 bits per heavy atom. The maximum atomic E-state index is 6.62. The molecule has 258 valence electrons. The lowest BCUT2D eigenvalue weighted by atomic mass is 10.1. The lowest BCUT2D eigenvalue weighted by Crippen LogP contribution is -2.09. The minimum atomic E-state index is 0.602. The first kappa shape index (κ1) is 30.3. The average molecular weight is 724 g/mol. The van der Waals surface area contributed by atoms with Crippen LogP contribution in [0.5, 0.6) is 0 Å². The van der Waals surface area contributed by atoms with Gasteiger partial charge >= 0.3 is 0 Å². The molecular formula is C49H29N3O2S. The van der Waals surface area contributed by atoms with Gasteiger partial charge in [0.25, 0.3) is 0 Å². The highest BCUT2D eigenvalue weighted by Gasteiger charge is 2.21.